The van der Waals surface area contributed by atoms with Gasteiger partial charge in [0.25, 0.3) is 0 Å². The van der Waals surface area contributed by atoms with Crippen molar-refractivity contribution in [2.45, 2.75) is 39.3 Å². The van der Waals surface area contributed by atoms with Gasteiger partial charge in [-0.1, -0.05) is 39.0 Å². The van der Waals surface area contributed by atoms with Gasteiger partial charge in [-0.3, -0.25) is 0 Å². The summed E-state index contributed by atoms with van der Waals surface area (Å²) in [6.45, 7) is 6.75. The van der Waals surface area contributed by atoms with Crippen LogP contribution >= 0.6 is 0 Å². The van der Waals surface area contributed by atoms with Gasteiger partial charge in [-0.15, -0.1) is 0 Å². The molecule has 2 atom stereocenters. The number of benzene rings is 1. The summed E-state index contributed by atoms with van der Waals surface area (Å²) in [6.07, 6.45) is 1.27. The molecule has 2 unspecified atom stereocenters. The van der Waals surface area contributed by atoms with Gasteiger partial charge in [0.2, 0.25) is 0 Å². The predicted molar refractivity (Wildman–Crippen MR) is 66.9 cm³/mol. The molecule has 0 aliphatic carbocycles. The van der Waals surface area contributed by atoms with Crippen molar-refractivity contribution in [3.8, 4) is 5.75 Å². The van der Waals surface area contributed by atoms with Gasteiger partial charge in [0.1, 0.15) is 11.9 Å². The highest BCUT2D eigenvalue weighted by molar-refractivity contribution is 5.37. The monoisotopic (exact) mass is 219 g/mol. The molecule has 2 heteroatoms. The fraction of sp³-hybridized carbons (Fsp3) is 0.571. The van der Waals surface area contributed by atoms with Crippen molar-refractivity contribution < 1.29 is 4.74 Å². The molecule has 1 N–H and O–H groups in total. The van der Waals surface area contributed by atoms with E-state index in [2.05, 4.69) is 44.3 Å². The molecule has 2 nitrogen and oxygen atoms in total. The van der Waals surface area contributed by atoms with Gasteiger partial charge in [-0.2, -0.15) is 0 Å². The van der Waals surface area contributed by atoms with E-state index < -0.39 is 0 Å². The van der Waals surface area contributed by atoms with Crippen molar-refractivity contribution in [3.05, 3.63) is 29.8 Å². The largest absolute Gasteiger partial charge is 0.488 e. The minimum absolute atomic E-state index is 0.210. The number of fused-ring (bicyclic) bond motifs is 1. The van der Waals surface area contributed by atoms with E-state index in [1.807, 2.05) is 13.1 Å². The Bertz CT molecular complexity index is 342. The SMILES string of the molecule is CNC(C1Cc2ccccc2O1)C(C)(C)C. The molecule has 1 aliphatic heterocycles. The molecule has 1 aromatic carbocycles. The van der Waals surface area contributed by atoms with Gasteiger partial charge in [-0.25, -0.2) is 0 Å². The molecule has 0 saturated carbocycles. The molecule has 1 heterocycles. The number of likely N-dealkylation sites (N-methyl/N-ethyl adjacent to an activating group) is 1. The number of ether oxygens (including phenoxy) is 1. The van der Waals surface area contributed by atoms with E-state index in [0.717, 1.165) is 12.2 Å². The molecule has 0 fully saturated rings. The summed E-state index contributed by atoms with van der Waals surface area (Å²) < 4.78 is 6.02. The molecular formula is C14H21NO. The minimum Gasteiger partial charge on any atom is -0.488 e. The van der Waals surface area contributed by atoms with E-state index in [1.54, 1.807) is 0 Å². The van der Waals surface area contributed by atoms with E-state index in [1.165, 1.54) is 5.56 Å². The molecule has 0 aromatic heterocycles. The molecule has 0 spiro atoms. The average molecular weight is 219 g/mol. The van der Waals surface area contributed by atoms with Crippen molar-refractivity contribution in [1.29, 1.82) is 0 Å². The smallest absolute Gasteiger partial charge is 0.123 e. The van der Waals surface area contributed by atoms with Gasteiger partial charge in [0.15, 0.2) is 0 Å². The van der Waals surface area contributed by atoms with Crippen molar-refractivity contribution in [1.82, 2.24) is 5.32 Å². The fourth-order valence-corrected chi connectivity index (χ4v) is 2.57. The fourth-order valence-electron chi connectivity index (χ4n) is 2.57. The van der Waals surface area contributed by atoms with Crippen LogP contribution in [0.2, 0.25) is 0 Å². The third kappa shape index (κ3) is 2.07. The Labute approximate surface area is 98.0 Å². The van der Waals surface area contributed by atoms with Gasteiger partial charge in [0, 0.05) is 12.5 Å². The van der Waals surface area contributed by atoms with Crippen molar-refractivity contribution >= 4 is 0 Å². The quantitative estimate of drug-likeness (QED) is 0.825. The van der Waals surface area contributed by atoms with Crippen LogP contribution in [0.3, 0.4) is 0 Å². The van der Waals surface area contributed by atoms with Crippen molar-refractivity contribution in [3.63, 3.8) is 0 Å². The summed E-state index contributed by atoms with van der Waals surface area (Å²) in [5, 5.41) is 3.39. The normalized spacial score (nSPS) is 21.4. The summed E-state index contributed by atoms with van der Waals surface area (Å²) in [4.78, 5) is 0. The molecule has 88 valence electrons. The zero-order valence-corrected chi connectivity index (χ0v) is 10.6. The maximum Gasteiger partial charge on any atom is 0.123 e. The Morgan fingerprint density at radius 3 is 2.56 bits per heavy atom. The first kappa shape index (κ1) is 11.5. The standard InChI is InChI=1S/C14H21NO/c1-14(2,3)13(15-4)12-9-10-7-5-6-8-11(10)16-12/h5-8,12-13,15H,9H2,1-4H3. The number of hydrogen-bond acceptors (Lipinski definition) is 2. The zero-order valence-electron chi connectivity index (χ0n) is 10.6. The molecule has 1 aliphatic rings. The second kappa shape index (κ2) is 4.10. The highest BCUT2D eigenvalue weighted by Gasteiger charge is 2.36. The maximum atomic E-state index is 6.02. The first-order chi connectivity index (χ1) is 7.52. The Morgan fingerprint density at radius 1 is 1.31 bits per heavy atom. The van der Waals surface area contributed by atoms with Crippen LogP contribution < -0.4 is 10.1 Å². The van der Waals surface area contributed by atoms with Crippen LogP contribution in [0.4, 0.5) is 0 Å². The van der Waals surface area contributed by atoms with Gasteiger partial charge < -0.3 is 10.1 Å². The average Bonchev–Trinajstić information content (AvgIpc) is 2.59. The van der Waals surface area contributed by atoms with Crippen molar-refractivity contribution in [2.24, 2.45) is 5.41 Å². The summed E-state index contributed by atoms with van der Waals surface area (Å²) in [5.74, 6) is 1.05. The highest BCUT2D eigenvalue weighted by atomic mass is 16.5. The lowest BCUT2D eigenvalue weighted by Crippen LogP contribution is -2.49. The molecule has 0 radical (unpaired) electrons. The number of rotatable bonds is 2. The molecule has 1 aromatic rings. The lowest BCUT2D eigenvalue weighted by molar-refractivity contribution is 0.113. The van der Waals surface area contributed by atoms with E-state index in [9.17, 15) is 0 Å². The van der Waals surface area contributed by atoms with Crippen molar-refractivity contribution in [2.75, 3.05) is 7.05 Å². The molecular weight excluding hydrogens is 198 g/mol. The summed E-state index contributed by atoms with van der Waals surface area (Å²) in [5.41, 5.74) is 1.54. The topological polar surface area (TPSA) is 21.3 Å². The second-order valence-electron chi connectivity index (χ2n) is 5.60. The van der Waals surface area contributed by atoms with Gasteiger partial charge in [-0.05, 0) is 24.1 Å². The Hall–Kier alpha value is -1.02. The van der Waals surface area contributed by atoms with E-state index >= 15 is 0 Å². The van der Waals surface area contributed by atoms with Crippen LogP contribution in [0.15, 0.2) is 24.3 Å². The van der Waals surface area contributed by atoms with E-state index in [-0.39, 0.29) is 11.5 Å². The van der Waals surface area contributed by atoms with E-state index in [4.69, 9.17) is 4.74 Å². The molecule has 16 heavy (non-hydrogen) atoms. The molecule has 2 rings (SSSR count). The predicted octanol–water partition coefficient (Wildman–Crippen LogP) is 2.62. The van der Waals surface area contributed by atoms with Crippen LogP contribution in [0.25, 0.3) is 0 Å². The van der Waals surface area contributed by atoms with Crippen LogP contribution in [-0.2, 0) is 6.42 Å². The Morgan fingerprint density at radius 2 is 2.00 bits per heavy atom. The van der Waals surface area contributed by atoms with Crippen LogP contribution in [-0.4, -0.2) is 19.2 Å². The van der Waals surface area contributed by atoms with Gasteiger partial charge in [0.05, 0.1) is 0 Å². The first-order valence-corrected chi connectivity index (χ1v) is 5.94. The first-order valence-electron chi connectivity index (χ1n) is 5.94. The zero-order chi connectivity index (χ0) is 11.8. The number of nitrogens with one attached hydrogen (secondary N) is 1. The Kier molecular flexibility index (Phi) is 2.94. The summed E-state index contributed by atoms with van der Waals surface area (Å²) >= 11 is 0. The lowest BCUT2D eigenvalue weighted by Gasteiger charge is -2.34. The molecule has 0 amide bonds. The van der Waals surface area contributed by atoms with Gasteiger partial charge >= 0.3 is 0 Å². The number of hydrogen-bond donors (Lipinski definition) is 1. The molecule has 0 saturated heterocycles. The maximum absolute atomic E-state index is 6.02. The van der Waals surface area contributed by atoms with Crippen LogP contribution in [0.5, 0.6) is 5.75 Å². The van der Waals surface area contributed by atoms with Crippen LogP contribution in [0.1, 0.15) is 26.3 Å². The number of para-hydroxylation sites is 1. The minimum atomic E-state index is 0.210. The van der Waals surface area contributed by atoms with E-state index in [0.29, 0.717) is 6.04 Å². The lowest BCUT2D eigenvalue weighted by atomic mass is 9.82. The molecule has 0 bridgehead atoms. The third-order valence-electron chi connectivity index (χ3n) is 3.29. The summed E-state index contributed by atoms with van der Waals surface area (Å²) in [7, 11) is 2.02. The Balaban J connectivity index is 2.16. The third-order valence-corrected chi connectivity index (χ3v) is 3.29. The van der Waals surface area contributed by atoms with Crippen LogP contribution in [0, 0.1) is 5.41 Å². The second-order valence-corrected chi connectivity index (χ2v) is 5.60. The highest BCUT2D eigenvalue weighted by Crippen LogP contribution is 2.34. The summed E-state index contributed by atoms with van der Waals surface area (Å²) in [6, 6.07) is 8.71.